The highest BCUT2D eigenvalue weighted by molar-refractivity contribution is 7.92. The summed E-state index contributed by atoms with van der Waals surface area (Å²) in [5.41, 5.74) is 0.204. The van der Waals surface area contributed by atoms with Gasteiger partial charge < -0.3 is 4.90 Å². The van der Waals surface area contributed by atoms with Gasteiger partial charge in [0, 0.05) is 25.1 Å². The van der Waals surface area contributed by atoms with Crippen LogP contribution < -0.4 is 0 Å². The van der Waals surface area contributed by atoms with E-state index in [1.165, 1.54) is 18.3 Å². The van der Waals surface area contributed by atoms with Crippen LogP contribution in [0.3, 0.4) is 0 Å². The number of carbonyl (C=O) groups is 1. The standard InChI is InChI=1S/C16H19F4N3O2S/c1-4-26(21,25)13-6-5-8-22-14(13)11(2)7-9-23(12(3)24)10-16(19,20)15(17)18/h5-9,15,21H,2,4,10H2,1,3H3/b9-7-. The van der Waals surface area contributed by atoms with Gasteiger partial charge in [-0.2, -0.15) is 8.78 Å². The van der Waals surface area contributed by atoms with Gasteiger partial charge in [0.1, 0.15) is 0 Å². The molecule has 26 heavy (non-hydrogen) atoms. The van der Waals surface area contributed by atoms with E-state index >= 15 is 0 Å². The van der Waals surface area contributed by atoms with E-state index in [0.717, 1.165) is 19.2 Å². The minimum atomic E-state index is -4.37. The minimum Gasteiger partial charge on any atom is -0.313 e. The summed E-state index contributed by atoms with van der Waals surface area (Å²) in [5, 5.41) is 0. The first-order valence-corrected chi connectivity index (χ1v) is 9.17. The second kappa shape index (κ2) is 8.43. The van der Waals surface area contributed by atoms with Crippen molar-refractivity contribution in [2.24, 2.45) is 0 Å². The van der Waals surface area contributed by atoms with Gasteiger partial charge in [-0.05, 0) is 23.8 Å². The van der Waals surface area contributed by atoms with Crippen LogP contribution in [-0.2, 0) is 14.5 Å². The molecule has 1 aromatic rings. The summed E-state index contributed by atoms with van der Waals surface area (Å²) >= 11 is 0. The maximum Gasteiger partial charge on any atom is 0.324 e. The van der Waals surface area contributed by atoms with E-state index < -0.39 is 34.5 Å². The van der Waals surface area contributed by atoms with Crippen LogP contribution in [0.4, 0.5) is 17.6 Å². The SMILES string of the molecule is C=C(/C=C\N(CC(F)(F)C(F)F)C(C)=O)c1ncccc1S(=N)(=O)CC. The van der Waals surface area contributed by atoms with Crippen LogP contribution >= 0.6 is 0 Å². The summed E-state index contributed by atoms with van der Waals surface area (Å²) in [6.07, 6.45) is -0.533. The predicted octanol–water partition coefficient (Wildman–Crippen LogP) is 3.78. The van der Waals surface area contributed by atoms with E-state index in [0.29, 0.717) is 4.90 Å². The minimum absolute atomic E-state index is 0.0306. The first-order valence-electron chi connectivity index (χ1n) is 7.44. The highest BCUT2D eigenvalue weighted by Crippen LogP contribution is 2.25. The average Bonchev–Trinajstić information content (AvgIpc) is 2.57. The smallest absolute Gasteiger partial charge is 0.313 e. The van der Waals surface area contributed by atoms with Crippen LogP contribution in [0, 0.1) is 4.78 Å². The Morgan fingerprint density at radius 2 is 2.12 bits per heavy atom. The molecule has 0 bridgehead atoms. The summed E-state index contributed by atoms with van der Waals surface area (Å²) in [4.78, 5) is 16.0. The summed E-state index contributed by atoms with van der Waals surface area (Å²) in [7, 11) is -3.13. The van der Waals surface area contributed by atoms with Gasteiger partial charge in [-0.15, -0.1) is 0 Å². The zero-order chi connectivity index (χ0) is 20.1. The monoisotopic (exact) mass is 393 g/mol. The van der Waals surface area contributed by atoms with Gasteiger partial charge in [-0.1, -0.05) is 13.5 Å². The molecule has 0 aliphatic carbocycles. The van der Waals surface area contributed by atoms with Gasteiger partial charge in [0.25, 0.3) is 0 Å². The van der Waals surface area contributed by atoms with Crippen LogP contribution in [0.5, 0.6) is 0 Å². The van der Waals surface area contributed by atoms with E-state index in [4.69, 9.17) is 4.78 Å². The largest absolute Gasteiger partial charge is 0.324 e. The molecule has 10 heteroatoms. The van der Waals surface area contributed by atoms with Crippen LogP contribution in [0.2, 0.25) is 0 Å². The molecule has 1 amide bonds. The van der Waals surface area contributed by atoms with Gasteiger partial charge in [-0.25, -0.2) is 17.8 Å². The summed E-state index contributed by atoms with van der Waals surface area (Å²) in [5.74, 6) is -5.21. The van der Waals surface area contributed by atoms with Crippen molar-refractivity contribution < 1.29 is 26.6 Å². The van der Waals surface area contributed by atoms with E-state index in [1.54, 1.807) is 6.92 Å². The molecule has 1 aromatic heterocycles. The number of alkyl halides is 4. The Labute approximate surface area is 149 Å². The Bertz CT molecular complexity index is 807. The summed E-state index contributed by atoms with van der Waals surface area (Å²) in [6.45, 7) is 4.68. The van der Waals surface area contributed by atoms with Crippen molar-refractivity contribution in [1.82, 2.24) is 9.88 Å². The van der Waals surface area contributed by atoms with Crippen molar-refractivity contribution in [2.75, 3.05) is 12.3 Å². The Morgan fingerprint density at radius 3 is 2.62 bits per heavy atom. The quantitative estimate of drug-likeness (QED) is 0.540. The lowest BCUT2D eigenvalue weighted by atomic mass is 10.2. The third-order valence-electron chi connectivity index (χ3n) is 3.40. The number of hydrogen-bond acceptors (Lipinski definition) is 4. The molecular formula is C16H19F4N3O2S. The number of allylic oxidation sites excluding steroid dienone is 2. The Morgan fingerprint density at radius 1 is 1.50 bits per heavy atom. The van der Waals surface area contributed by atoms with Crippen molar-refractivity contribution in [3.8, 4) is 0 Å². The van der Waals surface area contributed by atoms with Crippen molar-refractivity contribution in [2.45, 2.75) is 31.1 Å². The van der Waals surface area contributed by atoms with Crippen LogP contribution in [-0.4, -0.2) is 44.6 Å². The fourth-order valence-electron chi connectivity index (χ4n) is 1.88. The maximum absolute atomic E-state index is 13.2. The number of rotatable bonds is 8. The first-order chi connectivity index (χ1) is 11.9. The number of carbonyl (C=O) groups excluding carboxylic acids is 1. The van der Waals surface area contributed by atoms with E-state index in [-0.39, 0.29) is 21.9 Å². The molecule has 144 valence electrons. The normalized spacial score (nSPS) is 14.4. The maximum atomic E-state index is 13.2. The molecule has 0 saturated carbocycles. The molecule has 0 aromatic carbocycles. The lowest BCUT2D eigenvalue weighted by molar-refractivity contribution is -0.150. The predicted molar refractivity (Wildman–Crippen MR) is 90.4 cm³/mol. The molecule has 0 aliphatic heterocycles. The number of pyridine rings is 1. The van der Waals surface area contributed by atoms with Gasteiger partial charge in [0.05, 0.1) is 26.9 Å². The van der Waals surface area contributed by atoms with Crippen LogP contribution in [0.15, 0.2) is 42.1 Å². The van der Waals surface area contributed by atoms with Crippen molar-refractivity contribution in [3.63, 3.8) is 0 Å². The molecule has 5 nitrogen and oxygen atoms in total. The topological polar surface area (TPSA) is 74.1 Å². The van der Waals surface area contributed by atoms with Gasteiger partial charge in [-0.3, -0.25) is 9.78 Å². The molecular weight excluding hydrogens is 374 g/mol. The molecule has 1 atom stereocenters. The first kappa shape index (κ1) is 21.8. The van der Waals surface area contributed by atoms with Gasteiger partial charge >= 0.3 is 12.3 Å². The fraction of sp³-hybridized carbons (Fsp3) is 0.375. The molecule has 1 N–H and O–H groups in total. The molecule has 0 aliphatic rings. The van der Waals surface area contributed by atoms with Crippen LogP contribution in [0.25, 0.3) is 5.57 Å². The Balaban J connectivity index is 3.14. The lowest BCUT2D eigenvalue weighted by Gasteiger charge is -2.23. The molecule has 0 fully saturated rings. The Hall–Kier alpha value is -2.23. The number of nitrogens with zero attached hydrogens (tertiary/aromatic N) is 2. The van der Waals surface area contributed by atoms with E-state index in [1.807, 2.05) is 0 Å². The van der Waals surface area contributed by atoms with E-state index in [2.05, 4.69) is 11.6 Å². The second-order valence-corrected chi connectivity index (χ2v) is 7.73. The highest BCUT2D eigenvalue weighted by atomic mass is 32.2. The molecule has 0 radical (unpaired) electrons. The number of amides is 1. The second-order valence-electron chi connectivity index (χ2n) is 5.36. The third-order valence-corrected chi connectivity index (χ3v) is 5.25. The molecule has 1 rings (SSSR count). The lowest BCUT2D eigenvalue weighted by Crippen LogP contribution is -2.41. The summed E-state index contributed by atoms with van der Waals surface area (Å²) < 4.78 is 71.2. The van der Waals surface area contributed by atoms with Crippen molar-refractivity contribution in [1.29, 1.82) is 4.78 Å². The zero-order valence-electron chi connectivity index (χ0n) is 14.2. The van der Waals surface area contributed by atoms with Crippen molar-refractivity contribution in [3.05, 3.63) is 42.9 Å². The zero-order valence-corrected chi connectivity index (χ0v) is 15.0. The third kappa shape index (κ3) is 5.38. The van der Waals surface area contributed by atoms with E-state index in [9.17, 15) is 26.6 Å². The Kier molecular flexibility index (Phi) is 7.08. The number of halogens is 4. The number of nitrogens with one attached hydrogen (secondary N) is 1. The number of hydrogen-bond donors (Lipinski definition) is 1. The highest BCUT2D eigenvalue weighted by Gasteiger charge is 2.42. The summed E-state index contributed by atoms with van der Waals surface area (Å²) in [6, 6.07) is 2.93. The molecule has 1 heterocycles. The van der Waals surface area contributed by atoms with Crippen molar-refractivity contribution >= 4 is 21.2 Å². The molecule has 0 spiro atoms. The fourth-order valence-corrected chi connectivity index (χ4v) is 2.98. The molecule has 0 saturated heterocycles. The molecule has 1 unspecified atom stereocenters. The average molecular weight is 393 g/mol. The van der Waals surface area contributed by atoms with Crippen LogP contribution in [0.1, 0.15) is 19.5 Å². The van der Waals surface area contributed by atoms with Gasteiger partial charge in [0.15, 0.2) is 0 Å². The number of aromatic nitrogens is 1. The van der Waals surface area contributed by atoms with Gasteiger partial charge in [0.2, 0.25) is 5.91 Å².